The molecule has 2 aromatic carbocycles. The van der Waals surface area contributed by atoms with Crippen molar-refractivity contribution in [1.29, 1.82) is 0 Å². The van der Waals surface area contributed by atoms with Crippen molar-refractivity contribution < 1.29 is 14.1 Å². The maximum Gasteiger partial charge on any atom is 0.439 e. The van der Waals surface area contributed by atoms with Crippen LogP contribution in [0, 0.1) is 0 Å². The van der Waals surface area contributed by atoms with Crippen LogP contribution < -0.4 is 15.8 Å². The summed E-state index contributed by atoms with van der Waals surface area (Å²) in [5, 5.41) is 8.58. The van der Waals surface area contributed by atoms with Crippen LogP contribution in [0.1, 0.15) is 13.8 Å². The molecule has 0 spiro atoms. The van der Waals surface area contributed by atoms with Crippen LogP contribution in [-0.4, -0.2) is 21.6 Å². The maximum absolute atomic E-state index is 12.8. The number of ether oxygens (including phenoxy) is 1. The van der Waals surface area contributed by atoms with E-state index >= 15 is 0 Å². The van der Waals surface area contributed by atoms with Crippen LogP contribution in [-0.2, 0) is 4.79 Å². The van der Waals surface area contributed by atoms with Gasteiger partial charge in [-0.15, -0.1) is 11.3 Å². The zero-order valence-electron chi connectivity index (χ0n) is 16.6. The largest absolute Gasteiger partial charge is 0.478 e. The quantitative estimate of drug-likeness (QED) is 0.374. The number of thiophene rings is 1. The van der Waals surface area contributed by atoms with Gasteiger partial charge in [-0.1, -0.05) is 33.2 Å². The Bertz CT molecular complexity index is 1270. The van der Waals surface area contributed by atoms with Gasteiger partial charge in [0.1, 0.15) is 5.75 Å². The van der Waals surface area contributed by atoms with Crippen molar-refractivity contribution in [3.05, 3.63) is 75.0 Å². The summed E-state index contributed by atoms with van der Waals surface area (Å²) < 4.78 is 11.4. The van der Waals surface area contributed by atoms with E-state index in [0.29, 0.717) is 17.3 Å². The van der Waals surface area contributed by atoms with Gasteiger partial charge < -0.3 is 10.1 Å². The van der Waals surface area contributed by atoms with Gasteiger partial charge in [-0.2, -0.15) is 0 Å². The molecule has 0 unspecified atom stereocenters. The standard InChI is InChI=1S/C22H18BrN3O4S/c1-22(2,29-17-8-6-15(23)7-9-17)20(27)24-16-5-3-4-13(10-16)14-11-18(31-12-14)19-25-21(28)30-26-19/h3-12H,1-2H3,(H,24,27)(H,25,26,28). The summed E-state index contributed by atoms with van der Waals surface area (Å²) in [5.74, 6) is 0.132. The van der Waals surface area contributed by atoms with Gasteiger partial charge >= 0.3 is 5.76 Å². The Morgan fingerprint density at radius 1 is 1.16 bits per heavy atom. The molecule has 0 saturated carbocycles. The third-order valence-electron chi connectivity index (χ3n) is 4.46. The molecule has 158 valence electrons. The first kappa shape index (κ1) is 21.1. The Morgan fingerprint density at radius 2 is 1.94 bits per heavy atom. The highest BCUT2D eigenvalue weighted by molar-refractivity contribution is 9.10. The number of nitrogens with one attached hydrogen (secondary N) is 2. The Balaban J connectivity index is 1.49. The summed E-state index contributed by atoms with van der Waals surface area (Å²) in [6, 6.07) is 16.7. The van der Waals surface area contributed by atoms with E-state index in [1.807, 2.05) is 47.8 Å². The van der Waals surface area contributed by atoms with Gasteiger partial charge in [0.15, 0.2) is 11.4 Å². The molecule has 0 aliphatic carbocycles. The molecule has 2 aromatic heterocycles. The molecular weight excluding hydrogens is 482 g/mol. The predicted molar refractivity (Wildman–Crippen MR) is 123 cm³/mol. The van der Waals surface area contributed by atoms with Crippen LogP contribution in [0.5, 0.6) is 5.75 Å². The van der Waals surface area contributed by atoms with Crippen molar-refractivity contribution in [3.8, 4) is 27.6 Å². The van der Waals surface area contributed by atoms with Gasteiger partial charge in [-0.25, -0.2) is 4.79 Å². The summed E-state index contributed by atoms with van der Waals surface area (Å²) in [5.41, 5.74) is 1.43. The van der Waals surface area contributed by atoms with Crippen molar-refractivity contribution in [2.45, 2.75) is 19.4 Å². The number of aromatic nitrogens is 2. The van der Waals surface area contributed by atoms with Crippen molar-refractivity contribution in [2.24, 2.45) is 0 Å². The lowest BCUT2D eigenvalue weighted by Crippen LogP contribution is -2.42. The summed E-state index contributed by atoms with van der Waals surface area (Å²) >= 11 is 4.82. The molecule has 1 amide bonds. The number of nitrogens with zero attached hydrogens (tertiary/aromatic N) is 1. The average molecular weight is 500 g/mol. The molecule has 0 aliphatic heterocycles. The van der Waals surface area contributed by atoms with Crippen LogP contribution in [0.2, 0.25) is 0 Å². The van der Waals surface area contributed by atoms with Crippen LogP contribution in [0.3, 0.4) is 0 Å². The summed E-state index contributed by atoms with van der Waals surface area (Å²) in [4.78, 5) is 27.3. The molecule has 9 heteroatoms. The molecule has 0 fully saturated rings. The van der Waals surface area contributed by atoms with Gasteiger partial charge in [-0.3, -0.25) is 14.3 Å². The SMILES string of the molecule is CC(C)(Oc1ccc(Br)cc1)C(=O)Nc1cccc(-c2csc(-c3noc(=O)[nH]3)c2)c1. The molecule has 0 radical (unpaired) electrons. The fraction of sp³-hybridized carbons (Fsp3) is 0.136. The zero-order chi connectivity index (χ0) is 22.0. The number of H-pyrrole nitrogens is 1. The van der Waals surface area contributed by atoms with E-state index in [-0.39, 0.29) is 5.91 Å². The molecule has 31 heavy (non-hydrogen) atoms. The molecule has 0 saturated heterocycles. The minimum atomic E-state index is -1.07. The van der Waals surface area contributed by atoms with Crippen LogP contribution >= 0.6 is 27.3 Å². The second-order valence-corrected chi connectivity index (χ2v) is 9.07. The molecule has 2 heterocycles. The van der Waals surface area contributed by atoms with E-state index in [9.17, 15) is 9.59 Å². The number of aromatic amines is 1. The highest BCUT2D eigenvalue weighted by Crippen LogP contribution is 2.32. The van der Waals surface area contributed by atoms with Gasteiger partial charge in [-0.05, 0) is 72.8 Å². The first-order valence-corrected chi connectivity index (χ1v) is 11.0. The fourth-order valence-electron chi connectivity index (χ4n) is 2.85. The van der Waals surface area contributed by atoms with Gasteiger partial charge in [0.2, 0.25) is 0 Å². The van der Waals surface area contributed by atoms with Crippen LogP contribution in [0.25, 0.3) is 21.8 Å². The third-order valence-corrected chi connectivity index (χ3v) is 5.93. The van der Waals surface area contributed by atoms with Gasteiger partial charge in [0.25, 0.3) is 5.91 Å². The van der Waals surface area contributed by atoms with Gasteiger partial charge in [0.05, 0.1) is 4.88 Å². The topological polar surface area (TPSA) is 97.2 Å². The number of carbonyl (C=O) groups is 1. The number of rotatable bonds is 6. The molecule has 0 bridgehead atoms. The Morgan fingerprint density at radius 3 is 2.65 bits per heavy atom. The lowest BCUT2D eigenvalue weighted by molar-refractivity contribution is -0.128. The minimum absolute atomic E-state index is 0.265. The zero-order valence-corrected chi connectivity index (χ0v) is 19.0. The molecule has 4 rings (SSSR count). The first-order chi connectivity index (χ1) is 14.8. The number of anilines is 1. The highest BCUT2D eigenvalue weighted by Gasteiger charge is 2.30. The molecule has 0 aliphatic rings. The lowest BCUT2D eigenvalue weighted by atomic mass is 10.1. The Labute approximate surface area is 190 Å². The van der Waals surface area contributed by atoms with Crippen molar-refractivity contribution in [3.63, 3.8) is 0 Å². The Kier molecular flexibility index (Phi) is 5.79. The number of benzene rings is 2. The van der Waals surface area contributed by atoms with Crippen LogP contribution in [0.4, 0.5) is 5.69 Å². The normalized spacial score (nSPS) is 11.3. The number of halogens is 1. The van der Waals surface area contributed by atoms with E-state index in [4.69, 9.17) is 4.74 Å². The maximum atomic E-state index is 12.8. The predicted octanol–water partition coefficient (Wildman–Crippen LogP) is 5.32. The fourth-order valence-corrected chi connectivity index (χ4v) is 3.97. The number of hydrogen-bond donors (Lipinski definition) is 2. The lowest BCUT2D eigenvalue weighted by Gasteiger charge is -2.25. The minimum Gasteiger partial charge on any atom is -0.478 e. The van der Waals surface area contributed by atoms with E-state index in [2.05, 4.69) is 35.9 Å². The van der Waals surface area contributed by atoms with Gasteiger partial charge in [0, 0.05) is 10.2 Å². The molecule has 4 aromatic rings. The van der Waals surface area contributed by atoms with Crippen molar-refractivity contribution in [2.75, 3.05) is 5.32 Å². The summed E-state index contributed by atoms with van der Waals surface area (Å²) in [7, 11) is 0. The Hall–Kier alpha value is -3.17. The van der Waals surface area contributed by atoms with Crippen molar-refractivity contribution >= 4 is 38.9 Å². The summed E-state index contributed by atoms with van der Waals surface area (Å²) in [6.45, 7) is 3.44. The van der Waals surface area contributed by atoms with Crippen molar-refractivity contribution in [1.82, 2.24) is 10.1 Å². The molecule has 7 nitrogen and oxygen atoms in total. The summed E-state index contributed by atoms with van der Waals surface area (Å²) in [6.07, 6.45) is 0. The molecule has 2 N–H and O–H groups in total. The average Bonchev–Trinajstić information content (AvgIpc) is 3.39. The number of amides is 1. The highest BCUT2D eigenvalue weighted by atomic mass is 79.9. The monoisotopic (exact) mass is 499 g/mol. The first-order valence-electron chi connectivity index (χ1n) is 9.31. The van der Waals surface area contributed by atoms with E-state index < -0.39 is 11.4 Å². The van der Waals surface area contributed by atoms with Crippen LogP contribution in [0.15, 0.2) is 73.8 Å². The number of hydrogen-bond acceptors (Lipinski definition) is 6. The molecule has 0 atom stereocenters. The number of carbonyl (C=O) groups excluding carboxylic acids is 1. The van der Waals surface area contributed by atoms with E-state index in [0.717, 1.165) is 20.5 Å². The second-order valence-electron chi connectivity index (χ2n) is 7.24. The third kappa shape index (κ3) is 4.95. The van der Waals surface area contributed by atoms with E-state index in [1.54, 1.807) is 26.0 Å². The smallest absolute Gasteiger partial charge is 0.439 e. The second kappa shape index (κ2) is 8.52. The van der Waals surface area contributed by atoms with E-state index in [1.165, 1.54) is 11.3 Å². The molecular formula is C22H18BrN3O4S.